The van der Waals surface area contributed by atoms with Crippen LogP contribution >= 0.6 is 0 Å². The van der Waals surface area contributed by atoms with Crippen LogP contribution in [0.2, 0.25) is 0 Å². The van der Waals surface area contributed by atoms with Crippen molar-refractivity contribution in [3.63, 3.8) is 0 Å². The van der Waals surface area contributed by atoms with Gasteiger partial charge in [-0.15, -0.1) is 0 Å². The first-order valence-electron chi connectivity index (χ1n) is 20.4. The lowest BCUT2D eigenvalue weighted by atomic mass is 9.65. The van der Waals surface area contributed by atoms with Crippen molar-refractivity contribution in [2.24, 2.45) is 0 Å². The largest absolute Gasteiger partial charge is 0.456 e. The molecule has 4 heteroatoms. The van der Waals surface area contributed by atoms with Gasteiger partial charge in [0.15, 0.2) is 17.5 Å². The second-order valence-corrected chi connectivity index (χ2v) is 15.4. The van der Waals surface area contributed by atoms with Gasteiger partial charge in [-0.1, -0.05) is 194 Å². The normalized spacial score (nSPS) is 12.9. The Hall–Kier alpha value is -7.95. The van der Waals surface area contributed by atoms with Gasteiger partial charge in [0, 0.05) is 33.4 Å². The molecule has 0 saturated heterocycles. The molecular weight excluding hydrogens is 731 g/mol. The molecular formula is C56H35N3O. The lowest BCUT2D eigenvalue weighted by Crippen LogP contribution is -2.32. The molecule has 0 bridgehead atoms. The molecule has 1 aromatic heterocycles. The number of aromatic nitrogens is 3. The van der Waals surface area contributed by atoms with Crippen molar-refractivity contribution in [1.29, 1.82) is 0 Å². The fourth-order valence-corrected chi connectivity index (χ4v) is 9.64. The summed E-state index contributed by atoms with van der Waals surface area (Å²) >= 11 is 0. The van der Waals surface area contributed by atoms with Crippen molar-refractivity contribution in [1.82, 2.24) is 15.0 Å². The molecule has 1 aliphatic carbocycles. The number of hydrogen-bond acceptors (Lipinski definition) is 4. The Balaban J connectivity index is 1.04. The minimum absolute atomic E-state index is 0.544. The van der Waals surface area contributed by atoms with Crippen LogP contribution in [0.4, 0.5) is 0 Å². The number of benzene rings is 9. The van der Waals surface area contributed by atoms with Crippen LogP contribution in [0.3, 0.4) is 0 Å². The van der Waals surface area contributed by atoms with Gasteiger partial charge in [-0.05, 0) is 67.9 Å². The van der Waals surface area contributed by atoms with Gasteiger partial charge >= 0.3 is 0 Å². The van der Waals surface area contributed by atoms with E-state index in [0.717, 1.165) is 61.2 Å². The number of nitrogens with zero attached hydrogens (tertiary/aromatic N) is 3. The van der Waals surface area contributed by atoms with Crippen LogP contribution in [0.25, 0.3) is 78.3 Å². The molecule has 2 aliphatic rings. The average molecular weight is 766 g/mol. The zero-order valence-electron chi connectivity index (χ0n) is 32.5. The van der Waals surface area contributed by atoms with E-state index in [0.29, 0.717) is 17.5 Å². The molecule has 0 radical (unpaired) electrons. The van der Waals surface area contributed by atoms with E-state index in [9.17, 15) is 0 Å². The highest BCUT2D eigenvalue weighted by molar-refractivity contribution is 6.04. The average Bonchev–Trinajstić information content (AvgIpc) is 3.62. The monoisotopic (exact) mass is 765 g/mol. The molecule has 280 valence electrons. The highest BCUT2D eigenvalue weighted by Crippen LogP contribution is 2.63. The lowest BCUT2D eigenvalue weighted by Gasteiger charge is -2.40. The van der Waals surface area contributed by atoms with Gasteiger partial charge in [-0.3, -0.25) is 0 Å². The maximum absolute atomic E-state index is 7.02. The molecule has 9 aromatic carbocycles. The van der Waals surface area contributed by atoms with Crippen molar-refractivity contribution in [2.45, 2.75) is 5.41 Å². The van der Waals surface area contributed by atoms with E-state index in [2.05, 4.69) is 194 Å². The third-order valence-corrected chi connectivity index (χ3v) is 12.2. The Bertz CT molecular complexity index is 3260. The lowest BCUT2D eigenvalue weighted by molar-refractivity contribution is 0.438. The molecule has 12 rings (SSSR count). The van der Waals surface area contributed by atoms with Crippen LogP contribution < -0.4 is 4.74 Å². The van der Waals surface area contributed by atoms with Crippen molar-refractivity contribution >= 4 is 10.8 Å². The van der Waals surface area contributed by atoms with Crippen LogP contribution in [0.5, 0.6) is 11.5 Å². The predicted octanol–water partition coefficient (Wildman–Crippen LogP) is 13.8. The van der Waals surface area contributed by atoms with Crippen molar-refractivity contribution in [2.75, 3.05) is 0 Å². The van der Waals surface area contributed by atoms with Gasteiger partial charge in [0.1, 0.15) is 11.5 Å². The van der Waals surface area contributed by atoms with E-state index in [1.807, 2.05) is 18.2 Å². The number of ether oxygens (including phenoxy) is 1. The van der Waals surface area contributed by atoms with Gasteiger partial charge in [0.25, 0.3) is 0 Å². The Morgan fingerprint density at radius 2 is 0.783 bits per heavy atom. The first-order valence-corrected chi connectivity index (χ1v) is 20.4. The first kappa shape index (κ1) is 34.1. The maximum Gasteiger partial charge on any atom is 0.164 e. The molecule has 60 heavy (non-hydrogen) atoms. The minimum Gasteiger partial charge on any atom is -0.456 e. The van der Waals surface area contributed by atoms with Crippen molar-refractivity contribution in [3.05, 3.63) is 235 Å². The van der Waals surface area contributed by atoms with Crippen LogP contribution in [0.15, 0.2) is 212 Å². The molecule has 0 saturated carbocycles. The van der Waals surface area contributed by atoms with Gasteiger partial charge in [-0.25, -0.2) is 15.0 Å². The summed E-state index contributed by atoms with van der Waals surface area (Å²) in [7, 11) is 0. The summed E-state index contributed by atoms with van der Waals surface area (Å²) in [6, 6.07) is 74.8. The summed E-state index contributed by atoms with van der Waals surface area (Å²) in [6.45, 7) is 0. The second-order valence-electron chi connectivity index (χ2n) is 15.4. The summed E-state index contributed by atoms with van der Waals surface area (Å²) in [6.07, 6.45) is 0. The fourth-order valence-electron chi connectivity index (χ4n) is 9.64. The van der Waals surface area contributed by atoms with Crippen LogP contribution in [-0.4, -0.2) is 15.0 Å². The van der Waals surface area contributed by atoms with E-state index in [1.54, 1.807) is 0 Å². The molecule has 0 amide bonds. The summed E-state index contributed by atoms with van der Waals surface area (Å²) in [5.41, 5.74) is 13.9. The Morgan fingerprint density at radius 3 is 1.52 bits per heavy atom. The molecule has 0 fully saturated rings. The van der Waals surface area contributed by atoms with Gasteiger partial charge < -0.3 is 4.74 Å². The fraction of sp³-hybridized carbons (Fsp3) is 0.0179. The topological polar surface area (TPSA) is 47.9 Å². The molecule has 10 aromatic rings. The van der Waals surface area contributed by atoms with Gasteiger partial charge in [-0.2, -0.15) is 0 Å². The van der Waals surface area contributed by atoms with E-state index in [-0.39, 0.29) is 0 Å². The zero-order valence-corrected chi connectivity index (χ0v) is 32.5. The quantitative estimate of drug-likeness (QED) is 0.175. The predicted molar refractivity (Wildman–Crippen MR) is 242 cm³/mol. The van der Waals surface area contributed by atoms with Crippen molar-refractivity contribution in [3.8, 4) is 79.0 Å². The third-order valence-electron chi connectivity index (χ3n) is 12.2. The standard InChI is InChI=1S/C56H35N3O/c1-3-17-36(18-4-1)40-33-34-46(43-24-8-7-23-42(40)43)55-58-53(37-19-5-2-6-20-37)57-54(59-55)39-22-15-21-38(35-39)41-27-16-31-50-52(41)60-51-32-14-13-30-49(51)56(50)47-28-11-9-25-44(47)45-26-10-12-29-48(45)56/h1-35H. The maximum atomic E-state index is 7.02. The number of para-hydroxylation sites is 2. The Labute approximate surface area is 348 Å². The molecule has 4 nitrogen and oxygen atoms in total. The zero-order chi connectivity index (χ0) is 39.6. The summed E-state index contributed by atoms with van der Waals surface area (Å²) in [4.78, 5) is 15.6. The molecule has 0 unspecified atom stereocenters. The molecule has 0 atom stereocenters. The molecule has 2 heterocycles. The second kappa shape index (κ2) is 13.6. The van der Waals surface area contributed by atoms with E-state index in [4.69, 9.17) is 19.7 Å². The summed E-state index contributed by atoms with van der Waals surface area (Å²) in [5.74, 6) is 3.56. The number of rotatable bonds is 5. The van der Waals surface area contributed by atoms with Crippen LogP contribution in [0.1, 0.15) is 22.3 Å². The van der Waals surface area contributed by atoms with E-state index < -0.39 is 5.41 Å². The Kier molecular flexibility index (Phi) is 7.72. The highest BCUT2D eigenvalue weighted by Gasteiger charge is 2.51. The summed E-state index contributed by atoms with van der Waals surface area (Å²) in [5, 5.41) is 2.23. The SMILES string of the molecule is c1ccc(-c2nc(-c3cccc(-c4cccc5c4Oc4ccccc4C54c5ccccc5-c5ccccc54)c3)nc(-c3ccc(-c4ccccc4)c4ccccc34)n2)cc1. The molecule has 1 spiro atoms. The summed E-state index contributed by atoms with van der Waals surface area (Å²) < 4.78 is 7.02. The highest BCUT2D eigenvalue weighted by atomic mass is 16.5. The first-order chi connectivity index (χ1) is 29.8. The third kappa shape index (κ3) is 5.14. The number of hydrogen-bond donors (Lipinski definition) is 0. The van der Waals surface area contributed by atoms with Crippen molar-refractivity contribution < 1.29 is 4.74 Å². The van der Waals surface area contributed by atoms with E-state index >= 15 is 0 Å². The smallest absolute Gasteiger partial charge is 0.164 e. The number of fused-ring (bicyclic) bond motifs is 10. The van der Waals surface area contributed by atoms with Crippen LogP contribution in [-0.2, 0) is 5.41 Å². The molecule has 0 N–H and O–H groups in total. The van der Waals surface area contributed by atoms with E-state index in [1.165, 1.54) is 33.4 Å². The minimum atomic E-state index is -0.544. The Morgan fingerprint density at radius 1 is 0.300 bits per heavy atom. The van der Waals surface area contributed by atoms with Gasteiger partial charge in [0.05, 0.1) is 5.41 Å². The van der Waals surface area contributed by atoms with Gasteiger partial charge in [0.2, 0.25) is 0 Å². The molecule has 1 aliphatic heterocycles. The van der Waals surface area contributed by atoms with Crippen LogP contribution in [0, 0.1) is 0 Å².